The van der Waals surface area contributed by atoms with Crippen molar-refractivity contribution in [2.45, 2.75) is 39.7 Å². The molecule has 0 aromatic heterocycles. The molecule has 24 heavy (non-hydrogen) atoms. The van der Waals surface area contributed by atoms with Crippen LogP contribution in [0.1, 0.15) is 43.4 Å². The molecule has 0 spiro atoms. The van der Waals surface area contributed by atoms with E-state index in [0.29, 0.717) is 22.9 Å². The van der Waals surface area contributed by atoms with E-state index in [0.717, 1.165) is 5.56 Å². The molecule has 1 N–H and O–H groups in total. The van der Waals surface area contributed by atoms with E-state index in [1.165, 1.54) is 5.56 Å². The Morgan fingerprint density at radius 3 is 2.54 bits per heavy atom. The number of anilines is 1. The lowest BCUT2D eigenvalue weighted by atomic mass is 9.98. The molecule has 0 radical (unpaired) electrons. The number of carbonyl (C=O) groups is 1. The third-order valence-corrected chi connectivity index (χ3v) is 3.80. The first-order valence-electron chi connectivity index (χ1n) is 7.99. The maximum atomic E-state index is 12.3. The lowest BCUT2D eigenvalue weighted by Crippen LogP contribution is -2.30. The van der Waals surface area contributed by atoms with E-state index < -0.39 is 6.10 Å². The second-order valence-corrected chi connectivity index (χ2v) is 6.12. The van der Waals surface area contributed by atoms with E-state index >= 15 is 0 Å². The molecule has 2 aromatic rings. The zero-order chi connectivity index (χ0) is 17.7. The van der Waals surface area contributed by atoms with E-state index in [-0.39, 0.29) is 5.91 Å². The molecule has 0 aliphatic carbocycles. The van der Waals surface area contributed by atoms with Crippen molar-refractivity contribution in [3.8, 4) is 11.8 Å². The molecule has 4 heteroatoms. The number of ether oxygens (including phenoxy) is 1. The molecule has 1 unspecified atom stereocenters. The van der Waals surface area contributed by atoms with Crippen LogP contribution in [-0.2, 0) is 4.79 Å². The summed E-state index contributed by atoms with van der Waals surface area (Å²) in [5.41, 5.74) is 3.51. The van der Waals surface area contributed by atoms with Gasteiger partial charge in [-0.05, 0) is 61.2 Å². The number of nitrogens with zero attached hydrogens (tertiary/aromatic N) is 1. The van der Waals surface area contributed by atoms with E-state index in [2.05, 4.69) is 19.2 Å². The summed E-state index contributed by atoms with van der Waals surface area (Å²) in [5, 5.41) is 11.7. The monoisotopic (exact) mass is 322 g/mol. The van der Waals surface area contributed by atoms with Gasteiger partial charge in [-0.2, -0.15) is 5.26 Å². The maximum absolute atomic E-state index is 12.3. The topological polar surface area (TPSA) is 62.1 Å². The lowest BCUT2D eigenvalue weighted by Gasteiger charge is -2.17. The van der Waals surface area contributed by atoms with Gasteiger partial charge in [-0.3, -0.25) is 4.79 Å². The van der Waals surface area contributed by atoms with Crippen molar-refractivity contribution in [3.63, 3.8) is 0 Å². The highest BCUT2D eigenvalue weighted by Crippen LogP contribution is 2.24. The zero-order valence-electron chi connectivity index (χ0n) is 14.5. The van der Waals surface area contributed by atoms with E-state index in [4.69, 9.17) is 10.00 Å². The molecule has 124 valence electrons. The Bertz CT molecular complexity index is 775. The molecule has 0 heterocycles. The molecule has 0 aliphatic rings. The van der Waals surface area contributed by atoms with Crippen LogP contribution in [0.4, 0.5) is 5.69 Å². The Morgan fingerprint density at radius 1 is 1.17 bits per heavy atom. The summed E-state index contributed by atoms with van der Waals surface area (Å²) >= 11 is 0. The van der Waals surface area contributed by atoms with Crippen LogP contribution in [0.5, 0.6) is 5.75 Å². The molecule has 4 nitrogen and oxygen atoms in total. The van der Waals surface area contributed by atoms with Gasteiger partial charge in [0, 0.05) is 5.69 Å². The lowest BCUT2D eigenvalue weighted by molar-refractivity contribution is -0.122. The number of hydrogen-bond acceptors (Lipinski definition) is 3. The molecule has 0 fully saturated rings. The van der Waals surface area contributed by atoms with Gasteiger partial charge in [0.05, 0.1) is 11.6 Å². The van der Waals surface area contributed by atoms with Crippen molar-refractivity contribution in [2.24, 2.45) is 0 Å². The van der Waals surface area contributed by atoms with Crippen molar-refractivity contribution in [1.29, 1.82) is 5.26 Å². The molecule has 1 atom stereocenters. The van der Waals surface area contributed by atoms with E-state index in [1.807, 2.05) is 31.2 Å². The number of carbonyl (C=O) groups excluding carboxylic acids is 1. The molecule has 2 rings (SSSR count). The number of benzene rings is 2. The molecule has 0 bridgehead atoms. The number of aryl methyl sites for hydroxylation is 1. The number of hydrogen-bond donors (Lipinski definition) is 1. The standard InChI is InChI=1S/C20H22N2O2/c1-13(2)19-9-8-18(10-14(19)3)24-15(4)20(23)22-17-7-5-6-16(11-17)12-21/h5-11,13,15H,1-4H3,(H,22,23). The zero-order valence-corrected chi connectivity index (χ0v) is 14.5. The van der Waals surface area contributed by atoms with Crippen LogP contribution in [-0.4, -0.2) is 12.0 Å². The van der Waals surface area contributed by atoms with Gasteiger partial charge < -0.3 is 10.1 Å². The minimum Gasteiger partial charge on any atom is -0.481 e. The SMILES string of the molecule is Cc1cc(OC(C)C(=O)Nc2cccc(C#N)c2)ccc1C(C)C. The Hall–Kier alpha value is -2.80. The highest BCUT2D eigenvalue weighted by Gasteiger charge is 2.16. The summed E-state index contributed by atoms with van der Waals surface area (Å²) in [6, 6.07) is 14.7. The minimum atomic E-state index is -0.639. The number of nitrogens with one attached hydrogen (secondary N) is 1. The van der Waals surface area contributed by atoms with Gasteiger partial charge in [-0.25, -0.2) is 0 Å². The molecule has 1 amide bonds. The van der Waals surface area contributed by atoms with Gasteiger partial charge in [-0.15, -0.1) is 0 Å². The molecular weight excluding hydrogens is 300 g/mol. The quantitative estimate of drug-likeness (QED) is 0.887. The molecule has 0 saturated carbocycles. The largest absolute Gasteiger partial charge is 0.481 e. The van der Waals surface area contributed by atoms with Crippen LogP contribution in [0, 0.1) is 18.3 Å². The summed E-state index contributed by atoms with van der Waals surface area (Å²) in [4.78, 5) is 12.3. The van der Waals surface area contributed by atoms with Gasteiger partial charge in [0.2, 0.25) is 0 Å². The van der Waals surface area contributed by atoms with Crippen molar-refractivity contribution >= 4 is 11.6 Å². The van der Waals surface area contributed by atoms with Gasteiger partial charge in [-0.1, -0.05) is 26.0 Å². The minimum absolute atomic E-state index is 0.254. The number of nitriles is 1. The predicted octanol–water partition coefficient (Wildman–Crippen LogP) is 4.40. The van der Waals surface area contributed by atoms with E-state index in [9.17, 15) is 4.79 Å². The van der Waals surface area contributed by atoms with Crippen LogP contribution in [0.15, 0.2) is 42.5 Å². The third-order valence-electron chi connectivity index (χ3n) is 3.80. The van der Waals surface area contributed by atoms with Crippen molar-refractivity contribution in [1.82, 2.24) is 0 Å². The summed E-state index contributed by atoms with van der Waals surface area (Å²) < 4.78 is 5.74. The second-order valence-electron chi connectivity index (χ2n) is 6.12. The van der Waals surface area contributed by atoms with Gasteiger partial charge in [0.25, 0.3) is 5.91 Å². The summed E-state index contributed by atoms with van der Waals surface area (Å²) in [7, 11) is 0. The third kappa shape index (κ3) is 4.36. The number of rotatable bonds is 5. The average molecular weight is 322 g/mol. The predicted molar refractivity (Wildman–Crippen MR) is 95.1 cm³/mol. The Balaban J connectivity index is 2.03. The highest BCUT2D eigenvalue weighted by atomic mass is 16.5. The summed E-state index contributed by atoms with van der Waals surface area (Å²) in [6.45, 7) is 8.04. The first kappa shape index (κ1) is 17.6. The fourth-order valence-corrected chi connectivity index (χ4v) is 2.54. The Kier molecular flexibility index (Phi) is 5.59. The average Bonchev–Trinajstić information content (AvgIpc) is 2.54. The normalized spacial score (nSPS) is 11.7. The fourth-order valence-electron chi connectivity index (χ4n) is 2.54. The van der Waals surface area contributed by atoms with Gasteiger partial charge in [0.15, 0.2) is 6.10 Å². The smallest absolute Gasteiger partial charge is 0.265 e. The van der Waals surface area contributed by atoms with Gasteiger partial charge >= 0.3 is 0 Å². The molecule has 2 aromatic carbocycles. The first-order chi connectivity index (χ1) is 11.4. The Morgan fingerprint density at radius 2 is 1.92 bits per heavy atom. The second kappa shape index (κ2) is 7.65. The van der Waals surface area contributed by atoms with Crippen LogP contribution in [0.25, 0.3) is 0 Å². The van der Waals surface area contributed by atoms with Crippen molar-refractivity contribution in [3.05, 3.63) is 59.2 Å². The number of amides is 1. The van der Waals surface area contributed by atoms with Crippen molar-refractivity contribution in [2.75, 3.05) is 5.32 Å². The van der Waals surface area contributed by atoms with E-state index in [1.54, 1.807) is 31.2 Å². The molecule has 0 saturated heterocycles. The summed E-state index contributed by atoms with van der Waals surface area (Å²) in [6.07, 6.45) is -0.639. The van der Waals surface area contributed by atoms with Crippen molar-refractivity contribution < 1.29 is 9.53 Å². The van der Waals surface area contributed by atoms with Crippen LogP contribution >= 0.6 is 0 Å². The van der Waals surface area contributed by atoms with Crippen LogP contribution in [0.3, 0.4) is 0 Å². The first-order valence-corrected chi connectivity index (χ1v) is 7.99. The fraction of sp³-hybridized carbons (Fsp3) is 0.300. The van der Waals surface area contributed by atoms with Crippen LogP contribution < -0.4 is 10.1 Å². The molecule has 0 aliphatic heterocycles. The maximum Gasteiger partial charge on any atom is 0.265 e. The van der Waals surface area contributed by atoms with Gasteiger partial charge in [0.1, 0.15) is 5.75 Å². The van der Waals surface area contributed by atoms with Crippen LogP contribution in [0.2, 0.25) is 0 Å². The Labute approximate surface area is 143 Å². The molecular formula is C20H22N2O2. The summed E-state index contributed by atoms with van der Waals surface area (Å²) in [5.74, 6) is 0.869. The highest BCUT2D eigenvalue weighted by molar-refractivity contribution is 5.94.